The first kappa shape index (κ1) is 14.1. The van der Waals surface area contributed by atoms with Crippen LogP contribution in [0.15, 0.2) is 18.2 Å². The fourth-order valence-electron chi connectivity index (χ4n) is 1.14. The first-order valence-corrected chi connectivity index (χ1v) is 8.88. The molecule has 0 atom stereocenters. The van der Waals surface area contributed by atoms with Crippen LogP contribution in [0, 0.1) is 11.5 Å². The molecule has 0 heterocycles. The molecule has 0 aromatic heterocycles. The van der Waals surface area contributed by atoms with E-state index >= 15 is 0 Å². The Morgan fingerprint density at radius 1 is 1.18 bits per heavy atom. The molecular formula is C12H12ClF3Si. The quantitative estimate of drug-likeness (QED) is 0.480. The van der Waals surface area contributed by atoms with Gasteiger partial charge in [-0.2, -0.15) is 13.2 Å². The lowest BCUT2D eigenvalue weighted by atomic mass is 10.1. The predicted molar refractivity (Wildman–Crippen MR) is 66.7 cm³/mol. The lowest BCUT2D eigenvalue weighted by molar-refractivity contribution is -0.137. The van der Waals surface area contributed by atoms with Crippen LogP contribution in [0.2, 0.25) is 24.7 Å². The molecule has 0 unspecified atom stereocenters. The summed E-state index contributed by atoms with van der Waals surface area (Å²) in [7, 11) is -1.73. The van der Waals surface area contributed by atoms with Crippen molar-refractivity contribution in [3.8, 4) is 11.5 Å². The van der Waals surface area contributed by atoms with Gasteiger partial charge in [0.2, 0.25) is 0 Å². The molecule has 0 aliphatic heterocycles. The molecule has 0 nitrogen and oxygen atoms in total. The molecular weight excluding hydrogens is 265 g/mol. The molecule has 17 heavy (non-hydrogen) atoms. The van der Waals surface area contributed by atoms with Crippen LogP contribution in [-0.4, -0.2) is 8.07 Å². The van der Waals surface area contributed by atoms with Gasteiger partial charge >= 0.3 is 6.18 Å². The second-order valence-corrected chi connectivity index (χ2v) is 9.82. The van der Waals surface area contributed by atoms with Crippen LogP contribution in [0.5, 0.6) is 0 Å². The van der Waals surface area contributed by atoms with E-state index in [-0.39, 0.29) is 10.6 Å². The molecule has 5 heteroatoms. The number of halogens is 4. The summed E-state index contributed by atoms with van der Waals surface area (Å²) in [6.45, 7) is 5.89. The monoisotopic (exact) mass is 276 g/mol. The summed E-state index contributed by atoms with van der Waals surface area (Å²) >= 11 is 5.78. The molecule has 0 N–H and O–H groups in total. The number of benzene rings is 1. The largest absolute Gasteiger partial charge is 0.417 e. The third kappa shape index (κ3) is 4.10. The van der Waals surface area contributed by atoms with Gasteiger partial charge < -0.3 is 0 Å². The molecule has 0 radical (unpaired) electrons. The van der Waals surface area contributed by atoms with E-state index in [1.165, 1.54) is 12.1 Å². The van der Waals surface area contributed by atoms with Crippen LogP contribution < -0.4 is 0 Å². The van der Waals surface area contributed by atoms with Crippen LogP contribution in [0.25, 0.3) is 0 Å². The molecule has 1 aromatic carbocycles. The number of hydrogen-bond donors (Lipinski definition) is 0. The van der Waals surface area contributed by atoms with Crippen molar-refractivity contribution >= 4 is 19.7 Å². The van der Waals surface area contributed by atoms with Gasteiger partial charge in [-0.3, -0.25) is 0 Å². The zero-order valence-electron chi connectivity index (χ0n) is 9.74. The van der Waals surface area contributed by atoms with Gasteiger partial charge in [-0.15, -0.1) is 5.54 Å². The Balaban J connectivity index is 3.36. The first-order chi connectivity index (χ1) is 7.61. The van der Waals surface area contributed by atoms with Crippen LogP contribution in [-0.2, 0) is 6.18 Å². The zero-order valence-corrected chi connectivity index (χ0v) is 11.5. The van der Waals surface area contributed by atoms with Crippen molar-refractivity contribution < 1.29 is 13.2 Å². The summed E-state index contributed by atoms with van der Waals surface area (Å²) < 4.78 is 38.2. The minimum Gasteiger partial charge on any atom is -0.166 e. The highest BCUT2D eigenvalue weighted by molar-refractivity contribution is 6.83. The zero-order chi connectivity index (χ0) is 13.3. The molecule has 0 saturated carbocycles. The van der Waals surface area contributed by atoms with Crippen molar-refractivity contribution in [2.45, 2.75) is 25.8 Å². The summed E-state index contributed by atoms with van der Waals surface area (Å²) in [5.74, 6) is 2.59. The molecule has 0 aliphatic rings. The second-order valence-electron chi connectivity index (χ2n) is 4.66. The fourth-order valence-corrected chi connectivity index (χ4v) is 1.86. The fraction of sp³-hybridized carbons (Fsp3) is 0.333. The van der Waals surface area contributed by atoms with Crippen molar-refractivity contribution in [1.29, 1.82) is 0 Å². The van der Waals surface area contributed by atoms with Crippen LogP contribution >= 0.6 is 11.6 Å². The van der Waals surface area contributed by atoms with Crippen molar-refractivity contribution in [3.05, 3.63) is 34.3 Å². The Hall–Kier alpha value is -0.923. The molecule has 0 bridgehead atoms. The van der Waals surface area contributed by atoms with E-state index < -0.39 is 19.8 Å². The summed E-state index contributed by atoms with van der Waals surface area (Å²) in [6, 6.07) is 3.70. The molecule has 0 spiro atoms. The van der Waals surface area contributed by atoms with Gasteiger partial charge in [-0.05, 0) is 12.1 Å². The Bertz CT molecular complexity index is 475. The van der Waals surface area contributed by atoms with Crippen LogP contribution in [0.4, 0.5) is 13.2 Å². The van der Waals surface area contributed by atoms with Gasteiger partial charge in [0.1, 0.15) is 8.07 Å². The Kier molecular flexibility index (Phi) is 3.95. The average molecular weight is 277 g/mol. The molecule has 92 valence electrons. The number of hydrogen-bond acceptors (Lipinski definition) is 0. The van der Waals surface area contributed by atoms with Gasteiger partial charge in [0, 0.05) is 0 Å². The predicted octanol–water partition coefficient (Wildman–Crippen LogP) is 4.59. The minimum atomic E-state index is -4.42. The standard InChI is InChI=1S/C12H12ClF3Si/c1-17(2,3)8-7-9-10(12(14,15)16)5-4-6-11(9)13/h4-6H,1-3H3. The van der Waals surface area contributed by atoms with Crippen molar-refractivity contribution in [3.63, 3.8) is 0 Å². The summed E-state index contributed by atoms with van der Waals surface area (Å²) in [4.78, 5) is 0. The van der Waals surface area contributed by atoms with Gasteiger partial charge in [0.05, 0.1) is 16.1 Å². The molecule has 1 aromatic rings. The highest BCUT2D eigenvalue weighted by Gasteiger charge is 2.33. The SMILES string of the molecule is C[Si](C)(C)C#Cc1c(Cl)cccc1C(F)(F)F. The topological polar surface area (TPSA) is 0 Å². The maximum atomic E-state index is 12.7. The molecule has 0 saturated heterocycles. The Morgan fingerprint density at radius 2 is 1.76 bits per heavy atom. The van der Waals surface area contributed by atoms with Gasteiger partial charge in [0.25, 0.3) is 0 Å². The third-order valence-electron chi connectivity index (χ3n) is 1.88. The lowest BCUT2D eigenvalue weighted by Crippen LogP contribution is -2.16. The van der Waals surface area contributed by atoms with E-state index in [1.807, 2.05) is 19.6 Å². The molecule has 0 aliphatic carbocycles. The van der Waals surface area contributed by atoms with Gasteiger partial charge in [0.15, 0.2) is 0 Å². The third-order valence-corrected chi connectivity index (χ3v) is 3.07. The first-order valence-electron chi connectivity index (χ1n) is 5.00. The van der Waals surface area contributed by atoms with E-state index in [4.69, 9.17) is 11.6 Å². The summed E-state index contributed by atoms with van der Waals surface area (Å²) in [6.07, 6.45) is -4.42. The van der Waals surface area contributed by atoms with Crippen molar-refractivity contribution in [2.75, 3.05) is 0 Å². The van der Waals surface area contributed by atoms with E-state index in [0.717, 1.165) is 6.07 Å². The minimum absolute atomic E-state index is 0.0468. The lowest BCUT2D eigenvalue weighted by Gasteiger charge is -2.11. The molecule has 0 amide bonds. The van der Waals surface area contributed by atoms with E-state index in [0.29, 0.717) is 0 Å². The second kappa shape index (κ2) is 4.75. The number of rotatable bonds is 0. The van der Waals surface area contributed by atoms with Crippen molar-refractivity contribution in [1.82, 2.24) is 0 Å². The average Bonchev–Trinajstić information content (AvgIpc) is 2.12. The maximum absolute atomic E-state index is 12.7. The Morgan fingerprint density at radius 3 is 2.24 bits per heavy atom. The molecule has 1 rings (SSSR count). The van der Waals surface area contributed by atoms with E-state index in [2.05, 4.69) is 11.5 Å². The Labute approximate surface area is 105 Å². The maximum Gasteiger partial charge on any atom is 0.417 e. The van der Waals surface area contributed by atoms with E-state index in [9.17, 15) is 13.2 Å². The highest BCUT2D eigenvalue weighted by Crippen LogP contribution is 2.34. The molecule has 0 fully saturated rings. The highest BCUT2D eigenvalue weighted by atomic mass is 35.5. The summed E-state index contributed by atoms with van der Waals surface area (Å²) in [5.41, 5.74) is 2.01. The van der Waals surface area contributed by atoms with Gasteiger partial charge in [-0.1, -0.05) is 43.2 Å². The van der Waals surface area contributed by atoms with Crippen LogP contribution in [0.3, 0.4) is 0 Å². The van der Waals surface area contributed by atoms with Gasteiger partial charge in [-0.25, -0.2) is 0 Å². The van der Waals surface area contributed by atoms with Crippen molar-refractivity contribution in [2.24, 2.45) is 0 Å². The van der Waals surface area contributed by atoms with E-state index in [1.54, 1.807) is 0 Å². The number of alkyl halides is 3. The smallest absolute Gasteiger partial charge is 0.166 e. The summed E-state index contributed by atoms with van der Waals surface area (Å²) in [5, 5.41) is 0.0468. The normalized spacial score (nSPS) is 11.9. The van der Waals surface area contributed by atoms with Crippen LogP contribution in [0.1, 0.15) is 11.1 Å².